The minimum Gasteiger partial charge on any atom is -0.497 e. The van der Waals surface area contributed by atoms with Crippen molar-refractivity contribution in [1.29, 1.82) is 0 Å². The second kappa shape index (κ2) is 9.20. The Bertz CT molecular complexity index is 750. The summed E-state index contributed by atoms with van der Waals surface area (Å²) in [6.45, 7) is 4.69. The first kappa shape index (κ1) is 19.0. The van der Waals surface area contributed by atoms with Crippen LogP contribution in [0.25, 0.3) is 10.9 Å². The minimum absolute atomic E-state index is 0.0187. The van der Waals surface area contributed by atoms with Crippen LogP contribution >= 0.6 is 0 Å². The van der Waals surface area contributed by atoms with Gasteiger partial charge in [0.1, 0.15) is 5.75 Å². The van der Waals surface area contributed by atoms with Crippen molar-refractivity contribution in [3.05, 3.63) is 18.2 Å². The smallest absolute Gasteiger partial charge is 0.264 e. The molecular formula is C19H27N3O3. The van der Waals surface area contributed by atoms with Crippen LogP contribution in [0.4, 0.5) is 5.69 Å². The van der Waals surface area contributed by atoms with E-state index < -0.39 is 0 Å². The third-order valence-electron chi connectivity index (χ3n) is 4.29. The summed E-state index contributed by atoms with van der Waals surface area (Å²) >= 11 is 0. The predicted octanol–water partition coefficient (Wildman–Crippen LogP) is 5.35. The van der Waals surface area contributed by atoms with Crippen molar-refractivity contribution in [1.82, 2.24) is 4.57 Å². The Morgan fingerprint density at radius 2 is 1.96 bits per heavy atom. The number of nitrogens with zero attached hydrogens (tertiary/aromatic N) is 3. The molecule has 2 aromatic rings. The van der Waals surface area contributed by atoms with E-state index in [2.05, 4.69) is 17.2 Å². The monoisotopic (exact) mass is 345 g/mol. The summed E-state index contributed by atoms with van der Waals surface area (Å²) in [7, 11) is 1.58. The quantitative estimate of drug-likeness (QED) is 0.492. The molecule has 0 spiro atoms. The maximum Gasteiger partial charge on any atom is 0.264 e. The van der Waals surface area contributed by atoms with Gasteiger partial charge in [0.05, 0.1) is 12.6 Å². The molecule has 0 aliphatic carbocycles. The van der Waals surface area contributed by atoms with Crippen molar-refractivity contribution in [2.24, 2.45) is 10.2 Å². The van der Waals surface area contributed by atoms with Gasteiger partial charge < -0.3 is 14.4 Å². The van der Waals surface area contributed by atoms with E-state index in [1.165, 1.54) is 12.8 Å². The highest BCUT2D eigenvalue weighted by molar-refractivity contribution is 5.96. The maximum atomic E-state index is 11.9. The van der Waals surface area contributed by atoms with Gasteiger partial charge in [0.2, 0.25) is 5.88 Å². The highest BCUT2D eigenvalue weighted by atomic mass is 16.5. The number of aromatic nitrogens is 1. The minimum atomic E-state index is -0.254. The number of aryl methyl sites for hydroxylation is 1. The van der Waals surface area contributed by atoms with Gasteiger partial charge in [0, 0.05) is 18.4 Å². The van der Waals surface area contributed by atoms with Crippen LogP contribution in [-0.4, -0.2) is 22.7 Å². The molecule has 0 atom stereocenters. The van der Waals surface area contributed by atoms with Crippen LogP contribution in [-0.2, 0) is 11.3 Å². The lowest BCUT2D eigenvalue weighted by Gasteiger charge is -2.02. The van der Waals surface area contributed by atoms with Gasteiger partial charge in [-0.2, -0.15) is 0 Å². The molecule has 1 amide bonds. The van der Waals surface area contributed by atoms with E-state index in [1.54, 1.807) is 17.7 Å². The van der Waals surface area contributed by atoms with Gasteiger partial charge in [-0.05, 0) is 31.5 Å². The van der Waals surface area contributed by atoms with Crippen molar-refractivity contribution in [3.63, 3.8) is 0 Å². The molecule has 25 heavy (non-hydrogen) atoms. The molecule has 6 nitrogen and oxygen atoms in total. The summed E-state index contributed by atoms with van der Waals surface area (Å²) < 4.78 is 6.98. The Morgan fingerprint density at radius 1 is 1.20 bits per heavy atom. The van der Waals surface area contributed by atoms with E-state index in [1.807, 2.05) is 19.1 Å². The van der Waals surface area contributed by atoms with E-state index in [9.17, 15) is 9.90 Å². The molecule has 1 N–H and O–H groups in total. The van der Waals surface area contributed by atoms with Crippen LogP contribution < -0.4 is 4.74 Å². The molecule has 0 unspecified atom stereocenters. The number of methoxy groups -OCH3 is 1. The fourth-order valence-corrected chi connectivity index (χ4v) is 2.88. The van der Waals surface area contributed by atoms with Crippen LogP contribution in [0.5, 0.6) is 11.6 Å². The highest BCUT2D eigenvalue weighted by Crippen LogP contribution is 2.40. The predicted molar refractivity (Wildman–Crippen MR) is 98.7 cm³/mol. The number of fused-ring (bicyclic) bond motifs is 1. The fraction of sp³-hybridized carbons (Fsp3) is 0.526. The molecule has 0 saturated carbocycles. The number of benzene rings is 1. The number of amides is 1. The molecule has 1 aromatic heterocycles. The SMILES string of the molecule is CCCCCCCC(=O)N=Nc1c(O)n(CC)c2ccc(OC)cc12. The average Bonchev–Trinajstić information content (AvgIpc) is 2.89. The zero-order valence-electron chi connectivity index (χ0n) is 15.3. The number of aromatic hydroxyl groups is 1. The van der Waals surface area contributed by atoms with Crippen molar-refractivity contribution < 1.29 is 14.6 Å². The van der Waals surface area contributed by atoms with Crippen molar-refractivity contribution in [2.75, 3.05) is 7.11 Å². The molecule has 0 aliphatic rings. The molecule has 0 aliphatic heterocycles. The maximum absolute atomic E-state index is 11.9. The zero-order valence-corrected chi connectivity index (χ0v) is 15.3. The van der Waals surface area contributed by atoms with Gasteiger partial charge in [0.15, 0.2) is 5.69 Å². The molecule has 1 aromatic carbocycles. The van der Waals surface area contributed by atoms with Crippen LogP contribution in [0.15, 0.2) is 28.4 Å². The lowest BCUT2D eigenvalue weighted by atomic mass is 10.1. The number of rotatable bonds is 9. The molecule has 0 radical (unpaired) electrons. The van der Waals surface area contributed by atoms with Gasteiger partial charge >= 0.3 is 0 Å². The van der Waals surface area contributed by atoms with Gasteiger partial charge in [-0.15, -0.1) is 10.2 Å². The van der Waals surface area contributed by atoms with E-state index in [0.29, 0.717) is 24.4 Å². The largest absolute Gasteiger partial charge is 0.497 e. The van der Waals surface area contributed by atoms with Gasteiger partial charge in [-0.25, -0.2) is 0 Å². The Hall–Kier alpha value is -2.37. The Kier molecular flexibility index (Phi) is 6.98. The van der Waals surface area contributed by atoms with Gasteiger partial charge in [-0.3, -0.25) is 4.79 Å². The van der Waals surface area contributed by atoms with E-state index in [0.717, 1.165) is 30.2 Å². The van der Waals surface area contributed by atoms with Gasteiger partial charge in [0.25, 0.3) is 5.91 Å². The highest BCUT2D eigenvalue weighted by Gasteiger charge is 2.16. The molecule has 2 rings (SSSR count). The summed E-state index contributed by atoms with van der Waals surface area (Å²) in [6.07, 6.45) is 5.77. The molecule has 6 heteroatoms. The molecule has 1 heterocycles. The lowest BCUT2D eigenvalue weighted by molar-refractivity contribution is -0.118. The summed E-state index contributed by atoms with van der Waals surface area (Å²) in [5, 5.41) is 19.0. The van der Waals surface area contributed by atoms with Gasteiger partial charge in [-0.1, -0.05) is 32.6 Å². The topological polar surface area (TPSA) is 76.2 Å². The van der Waals surface area contributed by atoms with Crippen LogP contribution in [0.1, 0.15) is 52.4 Å². The zero-order chi connectivity index (χ0) is 18.2. The molecule has 136 valence electrons. The summed E-state index contributed by atoms with van der Waals surface area (Å²) in [5.74, 6) is 0.431. The van der Waals surface area contributed by atoms with E-state index in [-0.39, 0.29) is 11.8 Å². The number of carbonyl (C=O) groups excluding carboxylic acids is 1. The summed E-state index contributed by atoms with van der Waals surface area (Å²) in [5.41, 5.74) is 1.15. The van der Waals surface area contributed by atoms with E-state index in [4.69, 9.17) is 4.74 Å². The van der Waals surface area contributed by atoms with Crippen LogP contribution in [0.3, 0.4) is 0 Å². The molecule has 0 saturated heterocycles. The first-order valence-electron chi connectivity index (χ1n) is 8.96. The van der Waals surface area contributed by atoms with Crippen molar-refractivity contribution in [2.45, 2.75) is 58.9 Å². The number of hydrogen-bond acceptors (Lipinski definition) is 4. The van der Waals surface area contributed by atoms with E-state index >= 15 is 0 Å². The normalized spacial score (nSPS) is 11.5. The summed E-state index contributed by atoms with van der Waals surface area (Å²) in [4.78, 5) is 11.9. The molecular weight excluding hydrogens is 318 g/mol. The Morgan fingerprint density at radius 3 is 2.64 bits per heavy atom. The molecule has 0 fully saturated rings. The first-order chi connectivity index (χ1) is 12.1. The number of hydrogen-bond donors (Lipinski definition) is 1. The number of ether oxygens (including phenoxy) is 1. The van der Waals surface area contributed by atoms with Crippen LogP contribution in [0.2, 0.25) is 0 Å². The number of unbranched alkanes of at least 4 members (excludes halogenated alkanes) is 4. The Balaban J connectivity index is 2.16. The third kappa shape index (κ3) is 4.59. The second-order valence-corrected chi connectivity index (χ2v) is 6.06. The second-order valence-electron chi connectivity index (χ2n) is 6.06. The van der Waals surface area contributed by atoms with Crippen molar-refractivity contribution >= 4 is 22.5 Å². The fourth-order valence-electron chi connectivity index (χ4n) is 2.88. The number of azo groups is 1. The lowest BCUT2D eigenvalue weighted by Crippen LogP contribution is -1.92. The average molecular weight is 345 g/mol. The van der Waals surface area contributed by atoms with Crippen molar-refractivity contribution in [3.8, 4) is 11.6 Å². The Labute approximate surface area is 148 Å². The standard InChI is InChI=1S/C19H27N3O3/c1-4-6-7-8-9-10-17(23)20-21-18-15-13-14(25-3)11-12-16(15)22(5-2)19(18)24/h11-13,24H,4-10H2,1-3H3. The third-order valence-corrected chi connectivity index (χ3v) is 4.29. The summed E-state index contributed by atoms with van der Waals surface area (Å²) in [6, 6.07) is 5.49. The molecule has 0 bridgehead atoms. The first-order valence-corrected chi connectivity index (χ1v) is 8.96. The van der Waals surface area contributed by atoms with Crippen LogP contribution in [0, 0.1) is 0 Å². The number of carbonyl (C=O) groups is 1.